The average molecular weight is 392 g/mol. The average Bonchev–Trinajstić information content (AvgIpc) is 2.64. The minimum absolute atomic E-state index is 0.0265. The minimum Gasteiger partial charge on any atom is -0.323 e. The molecule has 6 heteroatoms. The molecule has 0 saturated carbocycles. The molecule has 1 aliphatic heterocycles. The van der Waals surface area contributed by atoms with Gasteiger partial charge in [-0.3, -0.25) is 14.6 Å². The Balaban J connectivity index is 1.51. The van der Waals surface area contributed by atoms with E-state index >= 15 is 0 Å². The van der Waals surface area contributed by atoms with Crippen molar-refractivity contribution in [2.45, 2.75) is 19.5 Å². The number of carbonyl (C=O) groups is 1. The largest absolute Gasteiger partial charge is 0.323 e. The van der Waals surface area contributed by atoms with Crippen molar-refractivity contribution in [3.8, 4) is 0 Å². The second-order valence-electron chi connectivity index (χ2n) is 6.59. The summed E-state index contributed by atoms with van der Waals surface area (Å²) in [5, 5.41) is 4.25. The third-order valence-electron chi connectivity index (χ3n) is 4.76. The van der Waals surface area contributed by atoms with Crippen molar-refractivity contribution >= 4 is 34.8 Å². The number of nitrogens with one attached hydrogen (secondary N) is 1. The van der Waals surface area contributed by atoms with Crippen LogP contribution in [0.4, 0.5) is 5.69 Å². The number of carbonyl (C=O) groups excluding carboxylic acids is 1. The van der Waals surface area contributed by atoms with E-state index in [1.807, 2.05) is 43.3 Å². The second kappa shape index (κ2) is 8.87. The molecule has 1 fully saturated rings. The lowest BCUT2D eigenvalue weighted by molar-refractivity contribution is -0.121. The molecule has 2 aromatic rings. The molecule has 1 unspecified atom stereocenters. The van der Waals surface area contributed by atoms with Gasteiger partial charge in [-0.15, -0.1) is 0 Å². The highest BCUT2D eigenvalue weighted by Crippen LogP contribution is 2.21. The Labute approximate surface area is 164 Å². The van der Waals surface area contributed by atoms with Crippen LogP contribution < -0.4 is 5.32 Å². The number of nitrogens with zero attached hydrogens (tertiary/aromatic N) is 2. The van der Waals surface area contributed by atoms with Crippen molar-refractivity contribution in [2.24, 2.45) is 0 Å². The lowest BCUT2D eigenvalue weighted by Crippen LogP contribution is -2.52. The van der Waals surface area contributed by atoms with Crippen molar-refractivity contribution in [2.75, 3.05) is 31.5 Å². The Morgan fingerprint density at radius 3 is 2.50 bits per heavy atom. The van der Waals surface area contributed by atoms with Gasteiger partial charge in [-0.2, -0.15) is 0 Å². The van der Waals surface area contributed by atoms with Gasteiger partial charge in [0, 0.05) is 37.7 Å². The Morgan fingerprint density at radius 2 is 1.81 bits per heavy atom. The highest BCUT2D eigenvalue weighted by molar-refractivity contribution is 6.33. The van der Waals surface area contributed by atoms with Crippen LogP contribution in [0.5, 0.6) is 0 Å². The molecule has 1 saturated heterocycles. The van der Waals surface area contributed by atoms with Gasteiger partial charge in [-0.25, -0.2) is 0 Å². The summed E-state index contributed by atoms with van der Waals surface area (Å²) in [4.78, 5) is 17.1. The molecule has 1 aliphatic rings. The minimum atomic E-state index is -0.195. The molecule has 0 aromatic heterocycles. The predicted octanol–water partition coefficient (Wildman–Crippen LogP) is 4.14. The number of rotatable bonds is 5. The summed E-state index contributed by atoms with van der Waals surface area (Å²) in [6.07, 6.45) is 0. The quantitative estimate of drug-likeness (QED) is 0.831. The lowest BCUT2D eigenvalue weighted by atomic mass is 10.1. The molecule has 1 N–H and O–H groups in total. The van der Waals surface area contributed by atoms with E-state index in [0.29, 0.717) is 10.7 Å². The monoisotopic (exact) mass is 391 g/mol. The van der Waals surface area contributed by atoms with Crippen molar-refractivity contribution < 1.29 is 4.79 Å². The highest BCUT2D eigenvalue weighted by atomic mass is 35.5. The molecule has 1 amide bonds. The Morgan fingerprint density at radius 1 is 1.08 bits per heavy atom. The number of benzene rings is 2. The van der Waals surface area contributed by atoms with Crippen LogP contribution in [0.3, 0.4) is 0 Å². The van der Waals surface area contributed by atoms with E-state index in [1.54, 1.807) is 6.07 Å². The van der Waals surface area contributed by atoms with E-state index < -0.39 is 0 Å². The van der Waals surface area contributed by atoms with Gasteiger partial charge >= 0.3 is 0 Å². The molecule has 26 heavy (non-hydrogen) atoms. The maximum absolute atomic E-state index is 12.5. The van der Waals surface area contributed by atoms with Crippen molar-refractivity contribution in [3.05, 3.63) is 64.1 Å². The number of piperazine rings is 1. The smallest absolute Gasteiger partial charge is 0.241 e. The molecule has 0 spiro atoms. The number of anilines is 1. The zero-order valence-corrected chi connectivity index (χ0v) is 16.3. The lowest BCUT2D eigenvalue weighted by Gasteiger charge is -2.37. The summed E-state index contributed by atoms with van der Waals surface area (Å²) in [6.45, 7) is 6.40. The van der Waals surface area contributed by atoms with Gasteiger partial charge in [-0.1, -0.05) is 47.5 Å². The van der Waals surface area contributed by atoms with E-state index in [1.165, 1.54) is 5.56 Å². The van der Waals surface area contributed by atoms with Crippen LogP contribution in [0.1, 0.15) is 12.5 Å². The summed E-state index contributed by atoms with van der Waals surface area (Å²) in [5.41, 5.74) is 1.88. The van der Waals surface area contributed by atoms with Crippen LogP contribution in [0, 0.1) is 0 Å². The van der Waals surface area contributed by atoms with Crippen molar-refractivity contribution in [1.82, 2.24) is 9.80 Å². The van der Waals surface area contributed by atoms with Crippen LogP contribution in [0.25, 0.3) is 0 Å². The van der Waals surface area contributed by atoms with Crippen LogP contribution in [0.2, 0.25) is 10.0 Å². The molecular formula is C20H23Cl2N3O. The first-order chi connectivity index (χ1) is 12.5. The number of halogens is 2. The van der Waals surface area contributed by atoms with Gasteiger partial charge in [0.2, 0.25) is 5.91 Å². The van der Waals surface area contributed by atoms with Crippen molar-refractivity contribution in [1.29, 1.82) is 0 Å². The fourth-order valence-corrected chi connectivity index (χ4v) is 3.56. The van der Waals surface area contributed by atoms with Crippen LogP contribution >= 0.6 is 23.2 Å². The van der Waals surface area contributed by atoms with Gasteiger partial charge < -0.3 is 5.32 Å². The van der Waals surface area contributed by atoms with E-state index in [2.05, 4.69) is 21.2 Å². The number of hydrogen-bond acceptors (Lipinski definition) is 3. The Hall–Kier alpha value is -1.59. The molecule has 138 valence electrons. The normalized spacial score (nSPS) is 17.0. The first-order valence-corrected chi connectivity index (χ1v) is 9.55. The SMILES string of the molecule is CC(C(=O)Nc1ccccc1Cl)N1CCN(Cc2cccc(Cl)c2)CC1. The standard InChI is InChI=1S/C20H23Cl2N3O/c1-15(20(26)23-19-8-3-2-7-18(19)22)25-11-9-24(10-12-25)14-16-5-4-6-17(21)13-16/h2-8,13,15H,9-12,14H2,1H3,(H,23,26). The summed E-state index contributed by atoms with van der Waals surface area (Å²) in [6, 6.07) is 15.1. The topological polar surface area (TPSA) is 35.6 Å². The van der Waals surface area contributed by atoms with E-state index in [4.69, 9.17) is 23.2 Å². The third kappa shape index (κ3) is 4.98. The maximum Gasteiger partial charge on any atom is 0.241 e. The number of amides is 1. The predicted molar refractivity (Wildman–Crippen MR) is 108 cm³/mol. The van der Waals surface area contributed by atoms with Gasteiger partial charge in [0.15, 0.2) is 0 Å². The van der Waals surface area contributed by atoms with Gasteiger partial charge in [-0.05, 0) is 36.8 Å². The molecule has 1 heterocycles. The zero-order valence-electron chi connectivity index (χ0n) is 14.8. The van der Waals surface area contributed by atoms with E-state index in [-0.39, 0.29) is 11.9 Å². The first-order valence-electron chi connectivity index (χ1n) is 8.79. The highest BCUT2D eigenvalue weighted by Gasteiger charge is 2.25. The molecule has 2 aromatic carbocycles. The van der Waals surface area contributed by atoms with E-state index in [0.717, 1.165) is 37.7 Å². The Bertz CT molecular complexity index is 760. The first kappa shape index (κ1) is 19.2. The van der Waals surface area contributed by atoms with Gasteiger partial charge in [0.25, 0.3) is 0 Å². The fourth-order valence-electron chi connectivity index (χ4n) is 3.17. The van der Waals surface area contributed by atoms with Crippen LogP contribution in [-0.2, 0) is 11.3 Å². The summed E-state index contributed by atoms with van der Waals surface area (Å²) in [7, 11) is 0. The molecule has 1 atom stereocenters. The molecule has 0 bridgehead atoms. The zero-order chi connectivity index (χ0) is 18.5. The molecule has 4 nitrogen and oxygen atoms in total. The van der Waals surface area contributed by atoms with E-state index in [9.17, 15) is 4.79 Å². The summed E-state index contributed by atoms with van der Waals surface area (Å²) >= 11 is 12.2. The van der Waals surface area contributed by atoms with Crippen LogP contribution in [-0.4, -0.2) is 47.9 Å². The Kier molecular flexibility index (Phi) is 6.54. The molecule has 0 radical (unpaired) electrons. The third-order valence-corrected chi connectivity index (χ3v) is 5.33. The van der Waals surface area contributed by atoms with Crippen molar-refractivity contribution in [3.63, 3.8) is 0 Å². The molecule has 3 rings (SSSR count). The summed E-state index contributed by atoms with van der Waals surface area (Å²) in [5.74, 6) is -0.0265. The van der Waals surface area contributed by atoms with Gasteiger partial charge in [0.1, 0.15) is 0 Å². The second-order valence-corrected chi connectivity index (χ2v) is 7.43. The number of hydrogen-bond donors (Lipinski definition) is 1. The maximum atomic E-state index is 12.5. The molecule has 0 aliphatic carbocycles. The summed E-state index contributed by atoms with van der Waals surface area (Å²) < 4.78 is 0. The van der Waals surface area contributed by atoms with Gasteiger partial charge in [0.05, 0.1) is 16.8 Å². The molecular weight excluding hydrogens is 369 g/mol. The van der Waals surface area contributed by atoms with Crippen LogP contribution in [0.15, 0.2) is 48.5 Å². The number of para-hydroxylation sites is 1. The fraction of sp³-hybridized carbons (Fsp3) is 0.350.